The van der Waals surface area contributed by atoms with Crippen LogP contribution in [0.3, 0.4) is 0 Å². The van der Waals surface area contributed by atoms with Crippen molar-refractivity contribution in [3.63, 3.8) is 0 Å². The lowest BCUT2D eigenvalue weighted by Crippen LogP contribution is -2.16. The van der Waals surface area contributed by atoms with Gasteiger partial charge in [0.05, 0.1) is 16.2 Å². The van der Waals surface area contributed by atoms with E-state index in [1.165, 1.54) is 6.07 Å². The second kappa shape index (κ2) is 8.64. The Morgan fingerprint density at radius 3 is 2.44 bits per heavy atom. The number of para-hydroxylation sites is 1. The number of carbonyl (C=O) groups excluding carboxylic acids is 2. The second-order valence-corrected chi connectivity index (χ2v) is 7.52. The van der Waals surface area contributed by atoms with Gasteiger partial charge in [-0.15, -0.1) is 0 Å². The first-order chi connectivity index (χ1) is 15.4. The third-order valence-electron chi connectivity index (χ3n) is 5.14. The van der Waals surface area contributed by atoms with Crippen molar-refractivity contribution >= 4 is 39.9 Å². The standard InChI is InChI=1S/C24H17ClN2O5/c1-26-19-10-6-5-9-17(19)22(23(26)15-7-3-2-4-8-15)21(28)14-32-24(29)18-13-16(25)11-12-20(18)27(30)31/h2-13H,14H2,1H3. The van der Waals surface area contributed by atoms with Gasteiger partial charge in [0.25, 0.3) is 5.69 Å². The van der Waals surface area contributed by atoms with E-state index in [0.29, 0.717) is 11.3 Å². The zero-order valence-corrected chi connectivity index (χ0v) is 17.7. The van der Waals surface area contributed by atoms with Crippen molar-refractivity contribution in [1.82, 2.24) is 4.57 Å². The summed E-state index contributed by atoms with van der Waals surface area (Å²) in [6, 6.07) is 20.4. The van der Waals surface area contributed by atoms with Gasteiger partial charge < -0.3 is 9.30 Å². The minimum Gasteiger partial charge on any atom is -0.454 e. The van der Waals surface area contributed by atoms with Crippen molar-refractivity contribution in [2.24, 2.45) is 7.05 Å². The lowest BCUT2D eigenvalue weighted by molar-refractivity contribution is -0.385. The molecule has 0 saturated carbocycles. The molecule has 7 nitrogen and oxygen atoms in total. The van der Waals surface area contributed by atoms with Gasteiger partial charge in [0, 0.05) is 29.0 Å². The van der Waals surface area contributed by atoms with Gasteiger partial charge in [-0.05, 0) is 23.8 Å². The van der Waals surface area contributed by atoms with E-state index in [4.69, 9.17) is 16.3 Å². The van der Waals surface area contributed by atoms with Gasteiger partial charge in [0.2, 0.25) is 5.78 Å². The number of fused-ring (bicyclic) bond motifs is 1. The van der Waals surface area contributed by atoms with E-state index in [-0.39, 0.29) is 10.6 Å². The molecule has 0 N–H and O–H groups in total. The first kappa shape index (κ1) is 21.3. The maximum atomic E-state index is 13.2. The molecule has 0 bridgehead atoms. The van der Waals surface area contributed by atoms with Crippen molar-refractivity contribution < 1.29 is 19.2 Å². The summed E-state index contributed by atoms with van der Waals surface area (Å²) >= 11 is 5.88. The fraction of sp³-hybridized carbons (Fsp3) is 0.0833. The maximum absolute atomic E-state index is 13.2. The molecule has 3 aromatic carbocycles. The van der Waals surface area contributed by atoms with Crippen LogP contribution in [-0.4, -0.2) is 27.8 Å². The predicted molar refractivity (Wildman–Crippen MR) is 121 cm³/mol. The fourth-order valence-electron chi connectivity index (χ4n) is 3.72. The van der Waals surface area contributed by atoms with E-state index < -0.39 is 29.0 Å². The smallest absolute Gasteiger partial charge is 0.345 e. The average Bonchev–Trinajstić information content (AvgIpc) is 3.10. The number of carbonyl (C=O) groups is 2. The highest BCUT2D eigenvalue weighted by molar-refractivity contribution is 6.31. The van der Waals surface area contributed by atoms with E-state index in [1.54, 1.807) is 0 Å². The minimum absolute atomic E-state index is 0.147. The molecule has 0 amide bonds. The van der Waals surface area contributed by atoms with Crippen LogP contribution in [0, 0.1) is 10.1 Å². The summed E-state index contributed by atoms with van der Waals surface area (Å²) < 4.78 is 7.10. The summed E-state index contributed by atoms with van der Waals surface area (Å²) in [6.07, 6.45) is 0. The van der Waals surface area contributed by atoms with Gasteiger partial charge in [-0.25, -0.2) is 4.79 Å². The van der Waals surface area contributed by atoms with Crippen molar-refractivity contribution in [1.29, 1.82) is 0 Å². The molecular weight excluding hydrogens is 432 g/mol. The molecule has 1 aromatic heterocycles. The summed E-state index contributed by atoms with van der Waals surface area (Å²) in [5.41, 5.74) is 2.06. The van der Waals surface area contributed by atoms with Crippen LogP contribution in [0.5, 0.6) is 0 Å². The number of nitro benzene ring substituents is 1. The number of rotatable bonds is 6. The van der Waals surface area contributed by atoms with Crippen LogP contribution in [0.15, 0.2) is 72.8 Å². The van der Waals surface area contributed by atoms with Crippen LogP contribution in [0.1, 0.15) is 20.7 Å². The number of benzene rings is 3. The lowest BCUT2D eigenvalue weighted by Gasteiger charge is -2.09. The Balaban J connectivity index is 1.69. The number of hydrogen-bond donors (Lipinski definition) is 0. The van der Waals surface area contributed by atoms with Crippen molar-refractivity contribution in [2.45, 2.75) is 0 Å². The number of esters is 1. The molecule has 0 spiro atoms. The van der Waals surface area contributed by atoms with Crippen LogP contribution in [0.4, 0.5) is 5.69 Å². The largest absolute Gasteiger partial charge is 0.454 e. The highest BCUT2D eigenvalue weighted by Gasteiger charge is 2.26. The molecule has 0 fully saturated rings. The van der Waals surface area contributed by atoms with Crippen LogP contribution < -0.4 is 0 Å². The SMILES string of the molecule is Cn1c(-c2ccccc2)c(C(=O)COC(=O)c2cc(Cl)ccc2[N+](=O)[O-])c2ccccc21. The molecule has 0 radical (unpaired) electrons. The minimum atomic E-state index is -0.992. The first-order valence-electron chi connectivity index (χ1n) is 9.65. The molecule has 4 aromatic rings. The highest BCUT2D eigenvalue weighted by Crippen LogP contribution is 2.33. The molecule has 4 rings (SSSR count). The summed E-state index contributed by atoms with van der Waals surface area (Å²) in [4.78, 5) is 36.3. The van der Waals surface area contributed by atoms with E-state index >= 15 is 0 Å². The Morgan fingerprint density at radius 2 is 1.72 bits per heavy atom. The van der Waals surface area contributed by atoms with E-state index in [0.717, 1.165) is 28.6 Å². The van der Waals surface area contributed by atoms with Crippen LogP contribution >= 0.6 is 11.6 Å². The average molecular weight is 449 g/mol. The van der Waals surface area contributed by atoms with Gasteiger partial charge in [0.1, 0.15) is 5.56 Å². The summed E-state index contributed by atoms with van der Waals surface area (Å²) in [5, 5.41) is 12.1. The highest BCUT2D eigenvalue weighted by atomic mass is 35.5. The zero-order chi connectivity index (χ0) is 22.8. The topological polar surface area (TPSA) is 91.4 Å². The Hall–Kier alpha value is -3.97. The molecule has 0 atom stereocenters. The Labute approximate surface area is 187 Å². The number of nitro groups is 1. The quantitative estimate of drug-likeness (QED) is 0.169. The van der Waals surface area contributed by atoms with Crippen LogP contribution in [0.25, 0.3) is 22.2 Å². The summed E-state index contributed by atoms with van der Waals surface area (Å²) in [6.45, 7) is -0.573. The van der Waals surface area contributed by atoms with Crippen LogP contribution in [-0.2, 0) is 11.8 Å². The number of ketones is 1. The third kappa shape index (κ3) is 3.86. The molecule has 0 aliphatic rings. The monoisotopic (exact) mass is 448 g/mol. The number of halogens is 1. The molecule has 32 heavy (non-hydrogen) atoms. The van der Waals surface area contributed by atoms with Crippen LogP contribution in [0.2, 0.25) is 5.02 Å². The number of ether oxygens (including phenoxy) is 1. The number of aromatic nitrogens is 1. The maximum Gasteiger partial charge on any atom is 0.345 e. The third-order valence-corrected chi connectivity index (χ3v) is 5.38. The molecule has 0 saturated heterocycles. The van der Waals surface area contributed by atoms with E-state index in [1.807, 2.05) is 66.2 Å². The van der Waals surface area contributed by atoms with E-state index in [9.17, 15) is 19.7 Å². The fourth-order valence-corrected chi connectivity index (χ4v) is 3.89. The molecule has 160 valence electrons. The molecular formula is C24H17ClN2O5. The van der Waals surface area contributed by atoms with Crippen molar-refractivity contribution in [3.8, 4) is 11.3 Å². The molecule has 1 heterocycles. The predicted octanol–water partition coefficient (Wildman–Crippen LogP) is 5.45. The van der Waals surface area contributed by atoms with Gasteiger partial charge in [-0.3, -0.25) is 14.9 Å². The summed E-state index contributed by atoms with van der Waals surface area (Å²) in [7, 11) is 1.86. The number of nitrogens with zero attached hydrogens (tertiary/aromatic N) is 2. The molecule has 0 unspecified atom stereocenters. The van der Waals surface area contributed by atoms with E-state index in [2.05, 4.69) is 0 Å². The number of aryl methyl sites for hydroxylation is 1. The van der Waals surface area contributed by atoms with Gasteiger partial charge in [-0.1, -0.05) is 60.1 Å². The van der Waals surface area contributed by atoms with Gasteiger partial charge in [0.15, 0.2) is 6.61 Å². The summed E-state index contributed by atoms with van der Waals surface area (Å²) in [5.74, 6) is -1.41. The molecule has 8 heteroatoms. The molecule has 0 aliphatic heterocycles. The van der Waals surface area contributed by atoms with Crippen molar-refractivity contribution in [3.05, 3.63) is 99.1 Å². The van der Waals surface area contributed by atoms with Gasteiger partial charge >= 0.3 is 5.97 Å². The normalized spacial score (nSPS) is 10.8. The Bertz CT molecular complexity index is 1360. The van der Waals surface area contributed by atoms with Crippen molar-refractivity contribution in [2.75, 3.05) is 6.61 Å². The second-order valence-electron chi connectivity index (χ2n) is 7.08. The zero-order valence-electron chi connectivity index (χ0n) is 16.9. The Morgan fingerprint density at radius 1 is 1.03 bits per heavy atom. The number of Topliss-reactive ketones (excluding diaryl/α,β-unsaturated/α-hetero) is 1. The Kier molecular flexibility index (Phi) is 5.75. The first-order valence-corrected chi connectivity index (χ1v) is 10.0. The number of hydrogen-bond acceptors (Lipinski definition) is 5. The van der Waals surface area contributed by atoms with Gasteiger partial charge in [-0.2, -0.15) is 0 Å². The lowest BCUT2D eigenvalue weighted by atomic mass is 10.0. The molecule has 0 aliphatic carbocycles.